The smallest absolute Gasteiger partial charge is 0.243 e. The van der Waals surface area contributed by atoms with E-state index in [1.807, 2.05) is 10.8 Å². The van der Waals surface area contributed by atoms with E-state index >= 15 is 0 Å². The second-order valence-electron chi connectivity index (χ2n) is 3.86. The molecule has 2 rings (SSSR count). The van der Waals surface area contributed by atoms with Crippen molar-refractivity contribution in [3.05, 3.63) is 42.2 Å². The third kappa shape index (κ3) is 3.76. The van der Waals surface area contributed by atoms with Gasteiger partial charge in [-0.1, -0.05) is 11.6 Å². The van der Waals surface area contributed by atoms with Gasteiger partial charge in [-0.3, -0.25) is 4.98 Å². The number of hydrogen-bond donors (Lipinski definition) is 1. The van der Waals surface area contributed by atoms with Crippen LogP contribution in [-0.4, -0.2) is 29.5 Å². The van der Waals surface area contributed by atoms with Crippen molar-refractivity contribution in [2.45, 2.75) is 17.9 Å². The summed E-state index contributed by atoms with van der Waals surface area (Å²) in [4.78, 5) is 7.67. The van der Waals surface area contributed by atoms with Crippen molar-refractivity contribution in [3.8, 4) is 0 Å². The van der Waals surface area contributed by atoms with E-state index in [2.05, 4.69) is 14.7 Å². The predicted molar refractivity (Wildman–Crippen MR) is 71.3 cm³/mol. The molecular weight excluding hydrogens is 288 g/mol. The van der Waals surface area contributed by atoms with E-state index in [9.17, 15) is 8.42 Å². The maximum Gasteiger partial charge on any atom is 0.243 e. The Morgan fingerprint density at radius 3 is 2.84 bits per heavy atom. The molecule has 19 heavy (non-hydrogen) atoms. The highest BCUT2D eigenvalue weighted by atomic mass is 35.5. The fourth-order valence-electron chi connectivity index (χ4n) is 1.53. The van der Waals surface area contributed by atoms with E-state index in [1.165, 1.54) is 18.5 Å². The van der Waals surface area contributed by atoms with Gasteiger partial charge in [-0.15, -0.1) is 0 Å². The largest absolute Gasteiger partial charge is 0.337 e. The van der Waals surface area contributed by atoms with Crippen LogP contribution in [-0.2, 0) is 16.6 Å². The molecule has 0 aromatic carbocycles. The lowest BCUT2D eigenvalue weighted by atomic mass is 10.4. The summed E-state index contributed by atoms with van der Waals surface area (Å²) in [7, 11) is -3.60. The summed E-state index contributed by atoms with van der Waals surface area (Å²) in [5.74, 6) is 0. The second-order valence-corrected chi connectivity index (χ2v) is 6.00. The molecule has 0 aliphatic rings. The Bertz CT molecular complexity index is 628. The van der Waals surface area contributed by atoms with Crippen molar-refractivity contribution in [2.75, 3.05) is 6.54 Å². The summed E-state index contributed by atoms with van der Waals surface area (Å²) in [6, 6.07) is 1.45. The number of halogens is 1. The predicted octanol–water partition coefficient (Wildman–Crippen LogP) is 1.30. The molecule has 2 aromatic heterocycles. The Labute approximate surface area is 116 Å². The highest BCUT2D eigenvalue weighted by Crippen LogP contribution is 2.18. The number of aryl methyl sites for hydroxylation is 1. The molecule has 6 nitrogen and oxygen atoms in total. The molecule has 0 spiro atoms. The van der Waals surface area contributed by atoms with Crippen LogP contribution in [0.15, 0.2) is 42.1 Å². The number of nitrogens with zero attached hydrogens (tertiary/aromatic N) is 3. The molecule has 0 saturated heterocycles. The summed E-state index contributed by atoms with van der Waals surface area (Å²) >= 11 is 5.83. The number of pyridine rings is 1. The van der Waals surface area contributed by atoms with Crippen LogP contribution in [0.5, 0.6) is 0 Å². The van der Waals surface area contributed by atoms with Gasteiger partial charge in [-0.2, -0.15) is 0 Å². The van der Waals surface area contributed by atoms with Gasteiger partial charge in [-0.05, 0) is 12.5 Å². The molecule has 0 amide bonds. The summed E-state index contributed by atoms with van der Waals surface area (Å²) in [6.07, 6.45) is 8.53. The van der Waals surface area contributed by atoms with Crippen LogP contribution in [0.2, 0.25) is 5.02 Å². The highest BCUT2D eigenvalue weighted by Gasteiger charge is 2.16. The Hall–Kier alpha value is -1.44. The molecule has 0 unspecified atom stereocenters. The van der Waals surface area contributed by atoms with Crippen LogP contribution < -0.4 is 4.72 Å². The summed E-state index contributed by atoms with van der Waals surface area (Å²) < 4.78 is 28.3. The molecular formula is C11H13ClN4O2S. The normalized spacial score (nSPS) is 11.6. The van der Waals surface area contributed by atoms with E-state index in [0.29, 0.717) is 19.5 Å². The zero-order valence-corrected chi connectivity index (χ0v) is 11.6. The minimum atomic E-state index is -3.60. The molecule has 2 heterocycles. The van der Waals surface area contributed by atoms with Gasteiger partial charge in [0.2, 0.25) is 10.0 Å². The monoisotopic (exact) mass is 300 g/mol. The van der Waals surface area contributed by atoms with Gasteiger partial charge in [0, 0.05) is 37.9 Å². The van der Waals surface area contributed by atoms with E-state index in [0.717, 1.165) is 0 Å². The molecule has 0 atom stereocenters. The van der Waals surface area contributed by atoms with Crippen LogP contribution in [0.4, 0.5) is 0 Å². The van der Waals surface area contributed by atoms with Crippen LogP contribution >= 0.6 is 11.6 Å². The average Bonchev–Trinajstić information content (AvgIpc) is 2.88. The van der Waals surface area contributed by atoms with E-state index in [4.69, 9.17) is 11.6 Å². The fraction of sp³-hybridized carbons (Fsp3) is 0.273. The number of nitrogens with one attached hydrogen (secondary N) is 1. The number of imidazole rings is 1. The van der Waals surface area contributed by atoms with E-state index < -0.39 is 10.0 Å². The van der Waals surface area contributed by atoms with Crippen LogP contribution in [0.1, 0.15) is 6.42 Å². The van der Waals surface area contributed by atoms with Gasteiger partial charge in [0.15, 0.2) is 0 Å². The van der Waals surface area contributed by atoms with Crippen molar-refractivity contribution >= 4 is 21.6 Å². The van der Waals surface area contributed by atoms with Crippen LogP contribution in [0.25, 0.3) is 0 Å². The van der Waals surface area contributed by atoms with Gasteiger partial charge < -0.3 is 4.57 Å². The second kappa shape index (κ2) is 6.14. The maximum absolute atomic E-state index is 12.0. The zero-order valence-electron chi connectivity index (χ0n) is 10.0. The number of rotatable bonds is 6. The third-order valence-corrected chi connectivity index (χ3v) is 4.40. The van der Waals surface area contributed by atoms with Crippen LogP contribution in [0.3, 0.4) is 0 Å². The van der Waals surface area contributed by atoms with Crippen molar-refractivity contribution in [3.63, 3.8) is 0 Å². The lowest BCUT2D eigenvalue weighted by Crippen LogP contribution is -2.25. The molecule has 0 aliphatic heterocycles. The lowest BCUT2D eigenvalue weighted by molar-refractivity contribution is 0.569. The third-order valence-electron chi connectivity index (χ3n) is 2.47. The van der Waals surface area contributed by atoms with Crippen molar-refractivity contribution < 1.29 is 8.42 Å². The summed E-state index contributed by atoms with van der Waals surface area (Å²) in [5.41, 5.74) is 0. The van der Waals surface area contributed by atoms with Gasteiger partial charge in [0.25, 0.3) is 0 Å². The quantitative estimate of drug-likeness (QED) is 0.816. The number of sulfonamides is 1. The minimum absolute atomic E-state index is 0.000650. The Morgan fingerprint density at radius 1 is 1.32 bits per heavy atom. The first-order chi connectivity index (χ1) is 9.09. The standard InChI is InChI=1S/C11H13ClN4O2S/c12-10-2-4-13-8-11(10)19(17,18)15-3-1-6-16-7-5-14-9-16/h2,4-5,7-9,15H,1,3,6H2. The molecule has 0 bridgehead atoms. The molecule has 0 saturated carbocycles. The molecule has 102 valence electrons. The number of aromatic nitrogens is 3. The Morgan fingerprint density at radius 2 is 2.16 bits per heavy atom. The lowest BCUT2D eigenvalue weighted by Gasteiger charge is -2.07. The molecule has 0 radical (unpaired) electrons. The summed E-state index contributed by atoms with van der Waals surface area (Å²) in [5, 5.41) is 0.164. The molecule has 0 fully saturated rings. The van der Waals surface area contributed by atoms with E-state index in [-0.39, 0.29) is 9.92 Å². The van der Waals surface area contributed by atoms with Crippen molar-refractivity contribution in [2.24, 2.45) is 0 Å². The number of hydrogen-bond acceptors (Lipinski definition) is 4. The van der Waals surface area contributed by atoms with Gasteiger partial charge in [0.05, 0.1) is 11.3 Å². The van der Waals surface area contributed by atoms with Gasteiger partial charge in [-0.25, -0.2) is 18.1 Å². The fourth-order valence-corrected chi connectivity index (χ4v) is 3.03. The van der Waals surface area contributed by atoms with Crippen molar-refractivity contribution in [1.82, 2.24) is 19.3 Å². The molecule has 1 N–H and O–H groups in total. The van der Waals surface area contributed by atoms with E-state index in [1.54, 1.807) is 12.5 Å². The zero-order chi connectivity index (χ0) is 13.7. The first-order valence-corrected chi connectivity index (χ1v) is 7.50. The highest BCUT2D eigenvalue weighted by molar-refractivity contribution is 7.89. The van der Waals surface area contributed by atoms with Crippen molar-refractivity contribution in [1.29, 1.82) is 0 Å². The topological polar surface area (TPSA) is 76.9 Å². The average molecular weight is 301 g/mol. The summed E-state index contributed by atoms with van der Waals surface area (Å²) in [6.45, 7) is 1.02. The first kappa shape index (κ1) is 14.0. The molecule has 8 heteroatoms. The first-order valence-electron chi connectivity index (χ1n) is 5.64. The maximum atomic E-state index is 12.0. The Balaban J connectivity index is 1.90. The molecule has 0 aliphatic carbocycles. The van der Waals surface area contributed by atoms with Gasteiger partial charge >= 0.3 is 0 Å². The van der Waals surface area contributed by atoms with Crippen LogP contribution in [0, 0.1) is 0 Å². The minimum Gasteiger partial charge on any atom is -0.337 e. The van der Waals surface area contributed by atoms with Gasteiger partial charge in [0.1, 0.15) is 4.90 Å². The Kier molecular flexibility index (Phi) is 4.52. The SMILES string of the molecule is O=S(=O)(NCCCn1ccnc1)c1cnccc1Cl. The molecule has 2 aromatic rings.